The SMILES string of the molecule is CC1c2cnc(-c3cnsn3)nc2CCN1c1cc(OCC(F)F)cc(F)n1. The molecule has 0 aromatic carbocycles. The van der Waals surface area contributed by atoms with Gasteiger partial charge in [-0.15, -0.1) is 0 Å². The number of alkyl halides is 2. The van der Waals surface area contributed by atoms with Gasteiger partial charge in [0.1, 0.15) is 23.9 Å². The molecular formula is C17H15F3N6OS. The Kier molecular flexibility index (Phi) is 5.07. The van der Waals surface area contributed by atoms with Crippen molar-refractivity contribution in [2.75, 3.05) is 18.1 Å². The number of hydrogen-bond donors (Lipinski definition) is 0. The van der Waals surface area contributed by atoms with Gasteiger partial charge < -0.3 is 9.64 Å². The molecule has 4 heterocycles. The number of halogens is 3. The molecule has 7 nitrogen and oxygen atoms in total. The van der Waals surface area contributed by atoms with E-state index in [1.54, 1.807) is 12.4 Å². The fraction of sp³-hybridized carbons (Fsp3) is 0.353. The minimum absolute atomic E-state index is 0.0171. The van der Waals surface area contributed by atoms with E-state index in [9.17, 15) is 13.2 Å². The lowest BCUT2D eigenvalue weighted by Gasteiger charge is -2.35. The molecule has 1 atom stereocenters. The average molecular weight is 408 g/mol. The molecule has 146 valence electrons. The largest absolute Gasteiger partial charge is 0.487 e. The van der Waals surface area contributed by atoms with Crippen LogP contribution >= 0.6 is 11.7 Å². The van der Waals surface area contributed by atoms with E-state index in [0.29, 0.717) is 30.3 Å². The van der Waals surface area contributed by atoms with Crippen LogP contribution < -0.4 is 9.64 Å². The summed E-state index contributed by atoms with van der Waals surface area (Å²) in [6.45, 7) is 1.66. The van der Waals surface area contributed by atoms with E-state index in [1.165, 1.54) is 6.07 Å². The van der Waals surface area contributed by atoms with Crippen molar-refractivity contribution in [3.8, 4) is 17.3 Å². The second kappa shape index (κ2) is 7.66. The first-order valence-corrected chi connectivity index (χ1v) is 9.23. The van der Waals surface area contributed by atoms with E-state index in [1.807, 2.05) is 11.8 Å². The fourth-order valence-electron chi connectivity index (χ4n) is 3.11. The second-order valence-electron chi connectivity index (χ2n) is 6.19. The van der Waals surface area contributed by atoms with Gasteiger partial charge in [-0.2, -0.15) is 13.1 Å². The number of pyridine rings is 1. The topological polar surface area (TPSA) is 76.9 Å². The maximum atomic E-state index is 13.9. The zero-order valence-corrected chi connectivity index (χ0v) is 15.5. The summed E-state index contributed by atoms with van der Waals surface area (Å²) in [4.78, 5) is 14.7. The van der Waals surface area contributed by atoms with Gasteiger partial charge in [-0.25, -0.2) is 23.7 Å². The highest BCUT2D eigenvalue weighted by Gasteiger charge is 2.28. The number of fused-ring (bicyclic) bond motifs is 1. The monoisotopic (exact) mass is 408 g/mol. The molecule has 0 saturated heterocycles. The zero-order chi connectivity index (χ0) is 19.7. The maximum Gasteiger partial charge on any atom is 0.272 e. The average Bonchev–Trinajstić information content (AvgIpc) is 3.21. The minimum Gasteiger partial charge on any atom is -0.487 e. The summed E-state index contributed by atoms with van der Waals surface area (Å²) in [6, 6.07) is 2.28. The van der Waals surface area contributed by atoms with Crippen LogP contribution in [0.2, 0.25) is 0 Å². The molecule has 0 amide bonds. The Balaban J connectivity index is 1.60. The molecule has 1 aliphatic rings. The van der Waals surface area contributed by atoms with Crippen LogP contribution in [0.4, 0.5) is 19.0 Å². The minimum atomic E-state index is -2.64. The summed E-state index contributed by atoms with van der Waals surface area (Å²) in [5, 5.41) is 0. The normalized spacial score (nSPS) is 16.3. The second-order valence-corrected chi connectivity index (χ2v) is 6.75. The Morgan fingerprint density at radius 1 is 1.29 bits per heavy atom. The van der Waals surface area contributed by atoms with Crippen molar-refractivity contribution in [2.24, 2.45) is 0 Å². The fourth-order valence-corrected chi connectivity index (χ4v) is 3.52. The predicted molar refractivity (Wildman–Crippen MR) is 96.1 cm³/mol. The lowest BCUT2D eigenvalue weighted by atomic mass is 9.99. The molecule has 1 aliphatic heterocycles. The number of aromatic nitrogens is 5. The van der Waals surface area contributed by atoms with Gasteiger partial charge in [0.25, 0.3) is 6.43 Å². The molecule has 28 heavy (non-hydrogen) atoms. The van der Waals surface area contributed by atoms with Crippen molar-refractivity contribution >= 4 is 17.5 Å². The highest BCUT2D eigenvalue weighted by atomic mass is 32.1. The van der Waals surface area contributed by atoms with Crippen LogP contribution in [0.25, 0.3) is 11.5 Å². The van der Waals surface area contributed by atoms with Crippen LogP contribution in [0.3, 0.4) is 0 Å². The highest BCUT2D eigenvalue weighted by Crippen LogP contribution is 2.33. The molecule has 0 aliphatic carbocycles. The Bertz CT molecular complexity index is 972. The van der Waals surface area contributed by atoms with Crippen LogP contribution in [0, 0.1) is 5.95 Å². The maximum absolute atomic E-state index is 13.9. The van der Waals surface area contributed by atoms with Crippen molar-refractivity contribution < 1.29 is 17.9 Å². The molecule has 0 bridgehead atoms. The van der Waals surface area contributed by atoms with Crippen LogP contribution in [-0.2, 0) is 6.42 Å². The summed E-state index contributed by atoms with van der Waals surface area (Å²) >= 11 is 1.09. The number of anilines is 1. The van der Waals surface area contributed by atoms with Crippen LogP contribution in [0.5, 0.6) is 5.75 Å². The van der Waals surface area contributed by atoms with E-state index in [2.05, 4.69) is 23.7 Å². The van der Waals surface area contributed by atoms with Gasteiger partial charge in [-0.1, -0.05) is 0 Å². The van der Waals surface area contributed by atoms with Gasteiger partial charge in [-0.05, 0) is 6.92 Å². The molecule has 0 spiro atoms. The molecule has 4 rings (SSSR count). The van der Waals surface area contributed by atoms with Crippen molar-refractivity contribution in [3.63, 3.8) is 0 Å². The van der Waals surface area contributed by atoms with Crippen molar-refractivity contribution in [3.05, 3.63) is 41.7 Å². The Morgan fingerprint density at radius 3 is 2.89 bits per heavy atom. The lowest BCUT2D eigenvalue weighted by Crippen LogP contribution is -2.35. The summed E-state index contributed by atoms with van der Waals surface area (Å²) in [6.07, 6.45) is 1.29. The zero-order valence-electron chi connectivity index (χ0n) is 14.7. The first kappa shape index (κ1) is 18.5. The Morgan fingerprint density at radius 2 is 2.14 bits per heavy atom. The molecule has 0 radical (unpaired) electrons. The van der Waals surface area contributed by atoms with Crippen LogP contribution in [0.1, 0.15) is 24.2 Å². The van der Waals surface area contributed by atoms with Crippen molar-refractivity contribution in [2.45, 2.75) is 25.8 Å². The predicted octanol–water partition coefficient (Wildman–Crippen LogP) is 3.30. The van der Waals surface area contributed by atoms with E-state index in [0.717, 1.165) is 29.1 Å². The van der Waals surface area contributed by atoms with Crippen molar-refractivity contribution in [1.29, 1.82) is 0 Å². The molecule has 3 aromatic rings. The number of ether oxygens (including phenoxy) is 1. The Hall–Kier alpha value is -2.82. The molecule has 0 fully saturated rings. The van der Waals surface area contributed by atoms with Crippen LogP contribution in [0.15, 0.2) is 24.5 Å². The molecule has 0 N–H and O–H groups in total. The van der Waals surface area contributed by atoms with Gasteiger partial charge >= 0.3 is 0 Å². The number of rotatable bonds is 5. The van der Waals surface area contributed by atoms with Crippen molar-refractivity contribution in [1.82, 2.24) is 23.7 Å². The summed E-state index contributed by atoms with van der Waals surface area (Å²) < 4.78 is 51.7. The Labute approximate surface area is 162 Å². The molecule has 11 heteroatoms. The third kappa shape index (κ3) is 3.75. The van der Waals surface area contributed by atoms with Gasteiger partial charge in [0.05, 0.1) is 29.7 Å². The van der Waals surface area contributed by atoms with E-state index >= 15 is 0 Å². The summed E-state index contributed by atoms with van der Waals surface area (Å²) in [5.74, 6) is 0.0562. The van der Waals surface area contributed by atoms with E-state index in [4.69, 9.17) is 4.74 Å². The summed E-state index contributed by atoms with van der Waals surface area (Å²) in [7, 11) is 0. The first-order valence-electron chi connectivity index (χ1n) is 8.50. The third-order valence-corrected chi connectivity index (χ3v) is 4.90. The smallest absolute Gasteiger partial charge is 0.272 e. The van der Waals surface area contributed by atoms with Gasteiger partial charge in [0.2, 0.25) is 5.95 Å². The van der Waals surface area contributed by atoms with E-state index < -0.39 is 19.0 Å². The van der Waals surface area contributed by atoms with Crippen LogP contribution in [-0.4, -0.2) is 43.3 Å². The molecule has 3 aromatic heterocycles. The highest BCUT2D eigenvalue weighted by molar-refractivity contribution is 6.99. The quantitative estimate of drug-likeness (QED) is 0.600. The first-order chi connectivity index (χ1) is 13.5. The lowest BCUT2D eigenvalue weighted by molar-refractivity contribution is 0.0816. The number of nitrogens with zero attached hydrogens (tertiary/aromatic N) is 6. The summed E-state index contributed by atoms with van der Waals surface area (Å²) in [5.41, 5.74) is 2.39. The van der Waals surface area contributed by atoms with E-state index in [-0.39, 0.29) is 11.8 Å². The standard InChI is InChI=1S/C17H15F3N6OS/c1-9-11-6-21-17(13-7-22-28-25-13)23-12(11)2-3-26(9)16-5-10(4-15(20)24-16)27-8-14(18)19/h4-7,9,14H,2-3,8H2,1H3. The molecular weight excluding hydrogens is 393 g/mol. The molecule has 0 saturated carbocycles. The van der Waals surface area contributed by atoms with Gasteiger partial charge in [-0.3, -0.25) is 0 Å². The molecule has 1 unspecified atom stereocenters. The third-order valence-electron chi connectivity index (χ3n) is 4.42. The van der Waals surface area contributed by atoms with Gasteiger partial charge in [0, 0.05) is 36.9 Å². The number of hydrogen-bond acceptors (Lipinski definition) is 8. The van der Waals surface area contributed by atoms with Gasteiger partial charge in [0.15, 0.2) is 5.82 Å².